The average Bonchev–Trinajstić information content (AvgIpc) is 3.25. The number of nitrogens with one attached hydrogen (secondary N) is 1. The molecule has 1 fully saturated rings. The molecule has 0 spiro atoms. The molecule has 0 heterocycles. The zero-order valence-electron chi connectivity index (χ0n) is 12.7. The molecule has 6 nitrogen and oxygen atoms in total. The highest BCUT2D eigenvalue weighted by atomic mass is 16.4. The molecule has 22 heavy (non-hydrogen) atoms. The number of hydrogen-bond acceptors (Lipinski definition) is 3. The molecular formula is C16H20N2O4. The van der Waals surface area contributed by atoms with Crippen molar-refractivity contribution in [1.29, 1.82) is 0 Å². The fraction of sp³-hybridized carbons (Fsp3) is 0.438. The van der Waals surface area contributed by atoms with Crippen LogP contribution >= 0.6 is 0 Å². The number of carbonyl (C=O) groups is 3. The van der Waals surface area contributed by atoms with E-state index < -0.39 is 12.0 Å². The second-order valence-electron chi connectivity index (χ2n) is 5.60. The smallest absolute Gasteiger partial charge is 0.326 e. The standard InChI is InChI=1S/C16H20N2O4/c1-10(16(21)22)18(14-7-8-14)15(20)9-12-3-5-13(6-4-12)17-11(2)19/h3-6,10,14H,7-9H2,1-2H3,(H,17,19)(H,21,22). The Balaban J connectivity index is 2.03. The number of nitrogens with zero attached hydrogens (tertiary/aromatic N) is 1. The normalized spacial score (nSPS) is 15.0. The van der Waals surface area contributed by atoms with Crippen LogP contribution in [0.4, 0.5) is 5.69 Å². The molecule has 6 heteroatoms. The number of hydrogen-bond donors (Lipinski definition) is 2. The van der Waals surface area contributed by atoms with Crippen molar-refractivity contribution in [2.45, 2.75) is 45.2 Å². The van der Waals surface area contributed by atoms with E-state index in [0.717, 1.165) is 18.4 Å². The number of carboxylic acids is 1. The van der Waals surface area contributed by atoms with Crippen molar-refractivity contribution >= 4 is 23.5 Å². The van der Waals surface area contributed by atoms with Gasteiger partial charge in [-0.2, -0.15) is 0 Å². The minimum Gasteiger partial charge on any atom is -0.480 e. The van der Waals surface area contributed by atoms with Gasteiger partial charge >= 0.3 is 5.97 Å². The summed E-state index contributed by atoms with van der Waals surface area (Å²) in [6, 6.07) is 6.23. The maximum Gasteiger partial charge on any atom is 0.326 e. The minimum absolute atomic E-state index is 0.0530. The van der Waals surface area contributed by atoms with E-state index >= 15 is 0 Å². The van der Waals surface area contributed by atoms with E-state index in [9.17, 15) is 14.4 Å². The summed E-state index contributed by atoms with van der Waals surface area (Å²) in [5.41, 5.74) is 1.46. The lowest BCUT2D eigenvalue weighted by Crippen LogP contribution is -2.45. The molecule has 0 radical (unpaired) electrons. The van der Waals surface area contributed by atoms with Crippen LogP contribution in [0, 0.1) is 0 Å². The topological polar surface area (TPSA) is 86.7 Å². The molecule has 1 aliphatic carbocycles. The van der Waals surface area contributed by atoms with E-state index in [-0.39, 0.29) is 24.3 Å². The predicted octanol–water partition coefficient (Wildman–Crippen LogP) is 1.65. The molecule has 1 saturated carbocycles. The minimum atomic E-state index is -0.985. The number of anilines is 1. The van der Waals surface area contributed by atoms with Gasteiger partial charge in [0.25, 0.3) is 0 Å². The molecule has 0 aromatic heterocycles. The van der Waals surface area contributed by atoms with Crippen LogP contribution < -0.4 is 5.32 Å². The van der Waals surface area contributed by atoms with E-state index in [1.54, 1.807) is 31.2 Å². The van der Waals surface area contributed by atoms with Crippen LogP contribution in [-0.4, -0.2) is 39.9 Å². The summed E-state index contributed by atoms with van der Waals surface area (Å²) in [7, 11) is 0. The van der Waals surface area contributed by atoms with Gasteiger partial charge in [0.15, 0.2) is 0 Å². The molecule has 2 amide bonds. The van der Waals surface area contributed by atoms with Crippen LogP contribution in [0.2, 0.25) is 0 Å². The van der Waals surface area contributed by atoms with Crippen LogP contribution in [0.1, 0.15) is 32.3 Å². The van der Waals surface area contributed by atoms with E-state index in [1.807, 2.05) is 0 Å². The van der Waals surface area contributed by atoms with Gasteiger partial charge in [-0.25, -0.2) is 4.79 Å². The van der Waals surface area contributed by atoms with Crippen molar-refractivity contribution in [1.82, 2.24) is 4.90 Å². The number of rotatable bonds is 6. The number of amides is 2. The third-order valence-corrected chi connectivity index (χ3v) is 3.63. The summed E-state index contributed by atoms with van der Waals surface area (Å²) in [4.78, 5) is 36.0. The molecule has 2 rings (SSSR count). The molecule has 1 aromatic rings. The first-order chi connectivity index (χ1) is 10.4. The van der Waals surface area contributed by atoms with Gasteiger partial charge in [0.1, 0.15) is 6.04 Å². The Hall–Kier alpha value is -2.37. The lowest BCUT2D eigenvalue weighted by Gasteiger charge is -2.26. The van der Waals surface area contributed by atoms with Crippen molar-refractivity contribution < 1.29 is 19.5 Å². The summed E-state index contributed by atoms with van der Waals surface area (Å²) >= 11 is 0. The highest BCUT2D eigenvalue weighted by Gasteiger charge is 2.38. The zero-order chi connectivity index (χ0) is 16.3. The highest BCUT2D eigenvalue weighted by Crippen LogP contribution is 2.29. The van der Waals surface area contributed by atoms with Gasteiger partial charge < -0.3 is 15.3 Å². The summed E-state index contributed by atoms with van der Waals surface area (Å²) in [6.45, 7) is 2.97. The van der Waals surface area contributed by atoms with E-state index in [2.05, 4.69) is 5.32 Å². The first-order valence-corrected chi connectivity index (χ1v) is 7.29. The molecule has 1 aliphatic rings. The first-order valence-electron chi connectivity index (χ1n) is 7.29. The van der Waals surface area contributed by atoms with Gasteiger partial charge in [-0.3, -0.25) is 9.59 Å². The second kappa shape index (κ2) is 6.60. The Labute approximate surface area is 129 Å². The molecule has 118 valence electrons. The predicted molar refractivity (Wildman–Crippen MR) is 81.4 cm³/mol. The van der Waals surface area contributed by atoms with Crippen molar-refractivity contribution in [2.75, 3.05) is 5.32 Å². The molecule has 1 atom stereocenters. The SMILES string of the molecule is CC(=O)Nc1ccc(CC(=O)N(C2CC2)C(C)C(=O)O)cc1. The Morgan fingerprint density at radius 3 is 2.32 bits per heavy atom. The maximum absolute atomic E-state index is 12.4. The van der Waals surface area contributed by atoms with E-state index in [0.29, 0.717) is 5.69 Å². The van der Waals surface area contributed by atoms with Gasteiger partial charge in [0.2, 0.25) is 11.8 Å². The van der Waals surface area contributed by atoms with Crippen LogP contribution in [-0.2, 0) is 20.8 Å². The number of aliphatic carboxylic acids is 1. The largest absolute Gasteiger partial charge is 0.480 e. The van der Waals surface area contributed by atoms with E-state index in [1.165, 1.54) is 11.8 Å². The fourth-order valence-electron chi connectivity index (χ4n) is 2.38. The van der Waals surface area contributed by atoms with Crippen molar-refractivity contribution in [3.63, 3.8) is 0 Å². The zero-order valence-corrected chi connectivity index (χ0v) is 12.7. The second-order valence-corrected chi connectivity index (χ2v) is 5.60. The van der Waals surface area contributed by atoms with Crippen molar-refractivity contribution in [2.24, 2.45) is 0 Å². The Kier molecular flexibility index (Phi) is 4.80. The maximum atomic E-state index is 12.4. The Morgan fingerprint density at radius 2 is 1.86 bits per heavy atom. The molecule has 2 N–H and O–H groups in total. The van der Waals surface area contributed by atoms with Crippen LogP contribution in [0.3, 0.4) is 0 Å². The molecule has 0 saturated heterocycles. The summed E-state index contributed by atoms with van der Waals surface area (Å²) in [5, 5.41) is 11.8. The summed E-state index contributed by atoms with van der Waals surface area (Å²) in [5.74, 6) is -1.31. The summed E-state index contributed by atoms with van der Waals surface area (Å²) in [6.07, 6.45) is 1.89. The van der Waals surface area contributed by atoms with Gasteiger partial charge in [-0.15, -0.1) is 0 Å². The lowest BCUT2D eigenvalue weighted by molar-refractivity contribution is -0.149. The lowest BCUT2D eigenvalue weighted by atomic mass is 10.1. The molecule has 0 aliphatic heterocycles. The number of carbonyl (C=O) groups excluding carboxylic acids is 2. The quantitative estimate of drug-likeness (QED) is 0.836. The van der Waals surface area contributed by atoms with Gasteiger partial charge in [-0.05, 0) is 37.5 Å². The van der Waals surface area contributed by atoms with Gasteiger partial charge in [-0.1, -0.05) is 12.1 Å². The third-order valence-electron chi connectivity index (χ3n) is 3.63. The van der Waals surface area contributed by atoms with Crippen LogP contribution in [0.15, 0.2) is 24.3 Å². The van der Waals surface area contributed by atoms with E-state index in [4.69, 9.17) is 5.11 Å². The molecule has 1 aromatic carbocycles. The van der Waals surface area contributed by atoms with Crippen molar-refractivity contribution in [3.8, 4) is 0 Å². The number of carboxylic acid groups (broad SMARTS) is 1. The molecular weight excluding hydrogens is 284 g/mol. The first kappa shape index (κ1) is 16.0. The van der Waals surface area contributed by atoms with Gasteiger partial charge in [0, 0.05) is 18.7 Å². The third kappa shape index (κ3) is 4.07. The Bertz CT molecular complexity index is 578. The highest BCUT2D eigenvalue weighted by molar-refractivity contribution is 5.89. The van der Waals surface area contributed by atoms with Crippen LogP contribution in [0.25, 0.3) is 0 Å². The van der Waals surface area contributed by atoms with Crippen molar-refractivity contribution in [3.05, 3.63) is 29.8 Å². The Morgan fingerprint density at radius 1 is 1.27 bits per heavy atom. The van der Waals surface area contributed by atoms with Crippen LogP contribution in [0.5, 0.6) is 0 Å². The average molecular weight is 304 g/mol. The van der Waals surface area contributed by atoms with Gasteiger partial charge in [0.05, 0.1) is 6.42 Å². The summed E-state index contributed by atoms with van der Waals surface area (Å²) < 4.78 is 0. The fourth-order valence-corrected chi connectivity index (χ4v) is 2.38. The molecule has 1 unspecified atom stereocenters. The number of benzene rings is 1. The monoisotopic (exact) mass is 304 g/mol. The molecule has 0 bridgehead atoms.